The lowest BCUT2D eigenvalue weighted by Gasteiger charge is -2.07. The van der Waals surface area contributed by atoms with Crippen molar-refractivity contribution < 1.29 is 25.6 Å². The van der Waals surface area contributed by atoms with Gasteiger partial charge in [-0.1, -0.05) is 0 Å². The van der Waals surface area contributed by atoms with E-state index in [2.05, 4.69) is 21.3 Å². The molecule has 0 radical (unpaired) electrons. The lowest BCUT2D eigenvalue weighted by molar-refractivity contribution is -0.657. The number of carbonyl (C=O) groups excluding carboxylic acids is 1. The average molecular weight is 234 g/mol. The second-order valence-electron chi connectivity index (χ2n) is 3.48. The second kappa shape index (κ2) is 12.2. The Morgan fingerprint density at radius 2 is 1.06 bits per heavy atom. The van der Waals surface area contributed by atoms with E-state index in [1.807, 2.05) is 0 Å². The van der Waals surface area contributed by atoms with E-state index in [1.54, 1.807) is 0 Å². The number of hydrogen-bond acceptors (Lipinski definition) is 5. The fourth-order valence-electron chi connectivity index (χ4n) is 1.36. The Hall–Kier alpha value is -0.890. The van der Waals surface area contributed by atoms with E-state index in [0.29, 0.717) is 0 Å². The summed E-state index contributed by atoms with van der Waals surface area (Å²) in [6, 6.07) is 0. The fourth-order valence-corrected chi connectivity index (χ4v) is 1.36. The van der Waals surface area contributed by atoms with Crippen LogP contribution >= 0.6 is 0 Å². The quantitative estimate of drug-likeness (QED) is 0.332. The Balaban J connectivity index is 0.000000217. The third-order valence-electron chi connectivity index (χ3n) is 2.10. The maximum Gasteiger partial charge on any atom is 0.0882 e. The van der Waals surface area contributed by atoms with E-state index in [0.717, 1.165) is 0 Å². The van der Waals surface area contributed by atoms with Gasteiger partial charge in [0.05, 0.1) is 26.2 Å². The molecule has 0 atom stereocenters. The number of hydrogen-bond donors (Lipinski definition) is 4. The van der Waals surface area contributed by atoms with Gasteiger partial charge in [0.2, 0.25) is 0 Å². The zero-order valence-electron chi connectivity index (χ0n) is 9.54. The summed E-state index contributed by atoms with van der Waals surface area (Å²) in [5, 5.41) is 27.8. The van der Waals surface area contributed by atoms with Crippen LogP contribution in [0.15, 0.2) is 0 Å². The van der Waals surface area contributed by atoms with Gasteiger partial charge in [-0.2, -0.15) is 0 Å². The maximum atomic E-state index is 8.33. The second-order valence-corrected chi connectivity index (χ2v) is 3.48. The van der Waals surface area contributed by atoms with Crippen molar-refractivity contribution in [3.63, 3.8) is 0 Å². The molecule has 7 nitrogen and oxygen atoms in total. The Bertz CT molecular complexity index is 122. The standard InChI is InChI=1S/2C4H10N2.CH2O3/c2*1-2-6-4-3-5-1;2-1(3)4/h2*5-6H,1-4H2;(H2,2,3,4). The van der Waals surface area contributed by atoms with Crippen molar-refractivity contribution in [1.82, 2.24) is 10.6 Å². The summed E-state index contributed by atoms with van der Waals surface area (Å²) in [7, 11) is 0. The molecule has 2 heterocycles. The van der Waals surface area contributed by atoms with E-state index in [-0.39, 0.29) is 0 Å². The molecule has 0 aromatic rings. The van der Waals surface area contributed by atoms with E-state index in [4.69, 9.17) is 15.0 Å². The van der Waals surface area contributed by atoms with Crippen molar-refractivity contribution in [2.24, 2.45) is 0 Å². The monoisotopic (exact) mass is 234 g/mol. The highest BCUT2D eigenvalue weighted by atomic mass is 16.6. The molecule has 0 spiro atoms. The Kier molecular flexibility index (Phi) is 11.5. The van der Waals surface area contributed by atoms with Crippen molar-refractivity contribution in [2.45, 2.75) is 0 Å². The van der Waals surface area contributed by atoms with E-state index < -0.39 is 6.16 Å². The smallest absolute Gasteiger partial charge is 0.0882 e. The molecule has 96 valence electrons. The minimum atomic E-state index is -2.33. The molecular formula is C9H22N4O3. The Morgan fingerprint density at radius 3 is 1.12 bits per heavy atom. The van der Waals surface area contributed by atoms with Crippen LogP contribution in [0, 0.1) is 0 Å². The summed E-state index contributed by atoms with van der Waals surface area (Å²) in [4.78, 5) is 8.33. The van der Waals surface area contributed by atoms with Crippen LogP contribution in [-0.4, -0.2) is 58.5 Å². The summed E-state index contributed by atoms with van der Waals surface area (Å²) >= 11 is 0. The molecule has 0 aliphatic carbocycles. The number of carboxylic acid groups (broad SMARTS) is 2. The van der Waals surface area contributed by atoms with Gasteiger partial charge < -0.3 is 36.3 Å². The minimum Gasteiger partial charge on any atom is -0.652 e. The van der Waals surface area contributed by atoms with Gasteiger partial charge >= 0.3 is 0 Å². The molecule has 0 unspecified atom stereocenters. The molecule has 7 heteroatoms. The van der Waals surface area contributed by atoms with Gasteiger partial charge in [-0.15, -0.1) is 0 Å². The highest BCUT2D eigenvalue weighted by Crippen LogP contribution is 1.55. The molecule has 16 heavy (non-hydrogen) atoms. The van der Waals surface area contributed by atoms with Gasteiger partial charge in [-0.05, 0) is 6.16 Å². The zero-order valence-corrected chi connectivity index (χ0v) is 9.54. The van der Waals surface area contributed by atoms with E-state index in [9.17, 15) is 0 Å². The van der Waals surface area contributed by atoms with Gasteiger partial charge in [-0.25, -0.2) is 0 Å². The summed E-state index contributed by atoms with van der Waals surface area (Å²) in [6.45, 7) is 9.83. The number of rotatable bonds is 0. The van der Waals surface area contributed by atoms with Crippen molar-refractivity contribution >= 4 is 6.16 Å². The Labute approximate surface area is 95.6 Å². The minimum absolute atomic E-state index is 1.19. The lowest BCUT2D eigenvalue weighted by Crippen LogP contribution is -2.89. The maximum absolute atomic E-state index is 8.33. The molecule has 0 aromatic carbocycles. The first-order valence-electron chi connectivity index (χ1n) is 5.66. The average Bonchev–Trinajstić information content (AvgIpc) is 2.34. The van der Waals surface area contributed by atoms with Gasteiger partial charge in [0.15, 0.2) is 0 Å². The van der Waals surface area contributed by atoms with Gasteiger partial charge in [0.25, 0.3) is 0 Å². The van der Waals surface area contributed by atoms with Crippen LogP contribution in [0.4, 0.5) is 4.79 Å². The third kappa shape index (κ3) is 15.6. The van der Waals surface area contributed by atoms with Crippen LogP contribution in [-0.2, 0) is 0 Å². The highest BCUT2D eigenvalue weighted by molar-refractivity contribution is 5.47. The summed E-state index contributed by atoms with van der Waals surface area (Å²) < 4.78 is 0. The molecule has 0 saturated carbocycles. The van der Waals surface area contributed by atoms with Crippen LogP contribution in [0.25, 0.3) is 0 Å². The fraction of sp³-hybridized carbons (Fsp3) is 0.889. The Morgan fingerprint density at radius 1 is 0.812 bits per heavy atom. The summed E-state index contributed by atoms with van der Waals surface area (Å²) in [5.74, 6) is 0. The van der Waals surface area contributed by atoms with Crippen LogP contribution in [0.2, 0.25) is 0 Å². The number of quaternary nitrogens is 2. The summed E-state index contributed by atoms with van der Waals surface area (Å²) in [6.07, 6.45) is -2.33. The van der Waals surface area contributed by atoms with Crippen molar-refractivity contribution in [3.05, 3.63) is 0 Å². The largest absolute Gasteiger partial charge is 0.652 e. The SMILES string of the molecule is C1C[NH2+]CCN1.C1C[NH2+]CCN1.O=C([O-])[O-]. The normalized spacial score (nSPS) is 19.5. The first kappa shape index (κ1) is 15.1. The molecule has 0 bridgehead atoms. The van der Waals surface area contributed by atoms with Crippen molar-refractivity contribution in [2.75, 3.05) is 52.4 Å². The van der Waals surface area contributed by atoms with E-state index >= 15 is 0 Å². The molecule has 2 aliphatic rings. The third-order valence-corrected chi connectivity index (χ3v) is 2.10. The highest BCUT2D eigenvalue weighted by Gasteiger charge is 1.96. The predicted octanol–water partition coefficient (Wildman–Crippen LogP) is -6.14. The molecule has 0 aromatic heterocycles. The molecule has 6 N–H and O–H groups in total. The number of nitrogens with two attached hydrogens (primary N) is 2. The molecular weight excluding hydrogens is 212 g/mol. The first-order chi connectivity index (χ1) is 7.73. The topological polar surface area (TPSA) is 120 Å². The van der Waals surface area contributed by atoms with Crippen LogP contribution in [0.3, 0.4) is 0 Å². The number of nitrogens with one attached hydrogen (secondary N) is 2. The summed E-state index contributed by atoms with van der Waals surface area (Å²) in [5.41, 5.74) is 0. The van der Waals surface area contributed by atoms with Gasteiger partial charge in [0.1, 0.15) is 0 Å². The van der Waals surface area contributed by atoms with Gasteiger partial charge in [0, 0.05) is 26.2 Å². The number of carbonyl (C=O) groups is 1. The predicted molar refractivity (Wildman–Crippen MR) is 54.5 cm³/mol. The van der Waals surface area contributed by atoms with Crippen LogP contribution in [0.1, 0.15) is 0 Å². The first-order valence-corrected chi connectivity index (χ1v) is 5.66. The van der Waals surface area contributed by atoms with Crippen LogP contribution < -0.4 is 31.5 Å². The van der Waals surface area contributed by atoms with Gasteiger partial charge in [-0.3, -0.25) is 0 Å². The van der Waals surface area contributed by atoms with Crippen LogP contribution in [0.5, 0.6) is 0 Å². The van der Waals surface area contributed by atoms with E-state index in [1.165, 1.54) is 52.4 Å². The number of piperazine rings is 2. The van der Waals surface area contributed by atoms with Crippen molar-refractivity contribution in [3.8, 4) is 0 Å². The molecule has 2 saturated heterocycles. The molecule has 2 rings (SSSR count). The molecule has 2 aliphatic heterocycles. The molecule has 2 fully saturated rings. The van der Waals surface area contributed by atoms with Crippen molar-refractivity contribution in [1.29, 1.82) is 0 Å². The molecule has 0 amide bonds. The lowest BCUT2D eigenvalue weighted by atomic mass is 10.4. The zero-order chi connectivity index (χ0) is 12.1.